The minimum Gasteiger partial charge on any atom is -0.352 e. The van der Waals surface area contributed by atoms with Gasteiger partial charge in [0.15, 0.2) is 0 Å². The molecule has 116 valence electrons. The number of hydrogen-bond donors (Lipinski definition) is 2. The largest absolute Gasteiger partial charge is 0.352 e. The third kappa shape index (κ3) is 5.36. The number of hydrogen-bond acceptors (Lipinski definition) is 3. The van der Waals surface area contributed by atoms with Gasteiger partial charge in [-0.25, -0.2) is 0 Å². The van der Waals surface area contributed by atoms with Crippen LogP contribution in [0, 0.1) is 0 Å². The molecule has 0 aliphatic heterocycles. The topological polar surface area (TPSA) is 41.1 Å². The van der Waals surface area contributed by atoms with Crippen molar-refractivity contribution >= 4 is 17.7 Å². The molecule has 0 radical (unpaired) electrons. The van der Waals surface area contributed by atoms with Crippen LogP contribution in [0.25, 0.3) is 0 Å². The Labute approximate surface area is 132 Å². The summed E-state index contributed by atoms with van der Waals surface area (Å²) in [5.41, 5.74) is 1.28. The molecular formula is C17H26N2OS. The third-order valence-corrected chi connectivity index (χ3v) is 4.76. The first-order valence-corrected chi connectivity index (χ1v) is 8.78. The number of carbonyl (C=O) groups excluding carboxylic acids is 1. The van der Waals surface area contributed by atoms with Crippen LogP contribution in [0.3, 0.4) is 0 Å². The summed E-state index contributed by atoms with van der Waals surface area (Å²) >= 11 is 1.64. The molecule has 0 aromatic heterocycles. The molecule has 4 heteroatoms. The lowest BCUT2D eigenvalue weighted by atomic mass is 10.1. The zero-order valence-electron chi connectivity index (χ0n) is 13.2. The van der Waals surface area contributed by atoms with Crippen molar-refractivity contribution in [2.45, 2.75) is 62.3 Å². The second kappa shape index (κ2) is 7.85. The molecule has 2 rings (SSSR count). The van der Waals surface area contributed by atoms with Crippen molar-refractivity contribution in [2.24, 2.45) is 0 Å². The summed E-state index contributed by atoms with van der Waals surface area (Å²) < 4.78 is 0. The molecule has 0 saturated heterocycles. The number of rotatable bonds is 8. The van der Waals surface area contributed by atoms with Crippen LogP contribution in [0.2, 0.25) is 0 Å². The first kappa shape index (κ1) is 16.4. The SMILES string of the molecule is CCCNC(C)c1cccc(SC(C)C(=O)NC2CC2)c1. The van der Waals surface area contributed by atoms with Crippen LogP contribution in [0.5, 0.6) is 0 Å². The Hall–Kier alpha value is -1.00. The molecule has 21 heavy (non-hydrogen) atoms. The van der Waals surface area contributed by atoms with Gasteiger partial charge in [-0.15, -0.1) is 11.8 Å². The van der Waals surface area contributed by atoms with E-state index in [2.05, 4.69) is 48.7 Å². The molecule has 2 atom stereocenters. The van der Waals surface area contributed by atoms with E-state index in [4.69, 9.17) is 0 Å². The van der Waals surface area contributed by atoms with Gasteiger partial charge in [-0.05, 0) is 57.4 Å². The fourth-order valence-electron chi connectivity index (χ4n) is 2.14. The summed E-state index contributed by atoms with van der Waals surface area (Å²) in [5, 5.41) is 6.52. The molecule has 1 aliphatic rings. The second-order valence-corrected chi connectivity index (χ2v) is 7.21. The summed E-state index contributed by atoms with van der Waals surface area (Å²) in [4.78, 5) is 13.2. The molecule has 1 amide bonds. The van der Waals surface area contributed by atoms with Gasteiger partial charge < -0.3 is 10.6 Å². The molecular weight excluding hydrogens is 280 g/mol. The maximum Gasteiger partial charge on any atom is 0.233 e. The maximum absolute atomic E-state index is 12.0. The lowest BCUT2D eigenvalue weighted by Gasteiger charge is -2.16. The summed E-state index contributed by atoms with van der Waals surface area (Å²) in [6, 6.07) is 9.28. The molecule has 1 fully saturated rings. The highest BCUT2D eigenvalue weighted by Crippen LogP contribution is 2.27. The van der Waals surface area contributed by atoms with Crippen molar-refractivity contribution in [2.75, 3.05) is 6.54 Å². The van der Waals surface area contributed by atoms with E-state index in [1.165, 1.54) is 5.56 Å². The van der Waals surface area contributed by atoms with E-state index in [9.17, 15) is 4.79 Å². The van der Waals surface area contributed by atoms with Crippen LogP contribution in [0.4, 0.5) is 0 Å². The zero-order chi connectivity index (χ0) is 15.2. The predicted octanol–water partition coefficient (Wildman–Crippen LogP) is 3.51. The monoisotopic (exact) mass is 306 g/mol. The number of amides is 1. The average Bonchev–Trinajstić information content (AvgIpc) is 3.28. The molecule has 1 saturated carbocycles. The molecule has 2 unspecified atom stereocenters. The quantitative estimate of drug-likeness (QED) is 0.722. The van der Waals surface area contributed by atoms with Crippen LogP contribution in [-0.2, 0) is 4.79 Å². The highest BCUT2D eigenvalue weighted by Gasteiger charge is 2.25. The highest BCUT2D eigenvalue weighted by atomic mass is 32.2. The van der Waals surface area contributed by atoms with Gasteiger partial charge in [-0.3, -0.25) is 4.79 Å². The smallest absolute Gasteiger partial charge is 0.233 e. The number of carbonyl (C=O) groups is 1. The van der Waals surface area contributed by atoms with Gasteiger partial charge in [0.1, 0.15) is 0 Å². The number of thioether (sulfide) groups is 1. The molecule has 1 aromatic carbocycles. The first-order valence-electron chi connectivity index (χ1n) is 7.90. The van der Waals surface area contributed by atoms with E-state index in [1.54, 1.807) is 11.8 Å². The Morgan fingerprint density at radius 2 is 2.14 bits per heavy atom. The second-order valence-electron chi connectivity index (χ2n) is 5.79. The minimum atomic E-state index is -0.0419. The van der Waals surface area contributed by atoms with E-state index < -0.39 is 0 Å². The first-order chi connectivity index (χ1) is 10.1. The Morgan fingerprint density at radius 3 is 2.81 bits per heavy atom. The fourth-order valence-corrected chi connectivity index (χ4v) is 3.08. The normalized spacial score (nSPS) is 17.3. The summed E-state index contributed by atoms with van der Waals surface area (Å²) in [5.74, 6) is 0.157. The van der Waals surface area contributed by atoms with Crippen LogP contribution in [0.1, 0.15) is 51.6 Å². The van der Waals surface area contributed by atoms with Crippen molar-refractivity contribution in [3.05, 3.63) is 29.8 Å². The van der Waals surface area contributed by atoms with Crippen LogP contribution >= 0.6 is 11.8 Å². The Balaban J connectivity index is 1.91. The summed E-state index contributed by atoms with van der Waals surface area (Å²) in [6.45, 7) is 7.36. The van der Waals surface area contributed by atoms with Crippen LogP contribution in [-0.4, -0.2) is 23.7 Å². The molecule has 0 heterocycles. The molecule has 1 aliphatic carbocycles. The van der Waals surface area contributed by atoms with Crippen molar-refractivity contribution in [3.63, 3.8) is 0 Å². The van der Waals surface area contributed by atoms with E-state index in [0.29, 0.717) is 12.1 Å². The lowest BCUT2D eigenvalue weighted by molar-refractivity contribution is -0.120. The fraction of sp³-hybridized carbons (Fsp3) is 0.588. The van der Waals surface area contributed by atoms with E-state index in [1.807, 2.05) is 6.92 Å². The van der Waals surface area contributed by atoms with Crippen LogP contribution < -0.4 is 10.6 Å². The van der Waals surface area contributed by atoms with E-state index >= 15 is 0 Å². The van der Waals surface area contributed by atoms with Gasteiger partial charge >= 0.3 is 0 Å². The summed E-state index contributed by atoms with van der Waals surface area (Å²) in [7, 11) is 0. The Kier molecular flexibility index (Phi) is 6.12. The predicted molar refractivity (Wildman–Crippen MR) is 89.6 cm³/mol. The van der Waals surface area contributed by atoms with E-state index in [-0.39, 0.29) is 11.2 Å². The van der Waals surface area contributed by atoms with Crippen molar-refractivity contribution in [1.82, 2.24) is 10.6 Å². The van der Waals surface area contributed by atoms with Gasteiger partial charge in [-0.2, -0.15) is 0 Å². The van der Waals surface area contributed by atoms with Crippen LogP contribution in [0.15, 0.2) is 29.2 Å². The average molecular weight is 306 g/mol. The van der Waals surface area contributed by atoms with Gasteiger partial charge in [0, 0.05) is 17.0 Å². The van der Waals surface area contributed by atoms with E-state index in [0.717, 1.165) is 30.7 Å². The van der Waals surface area contributed by atoms with Crippen molar-refractivity contribution in [3.8, 4) is 0 Å². The maximum atomic E-state index is 12.0. The van der Waals surface area contributed by atoms with Gasteiger partial charge in [0.2, 0.25) is 5.91 Å². The van der Waals surface area contributed by atoms with Crippen molar-refractivity contribution < 1.29 is 4.79 Å². The molecule has 2 N–H and O–H groups in total. The lowest BCUT2D eigenvalue weighted by Crippen LogP contribution is -2.32. The number of benzene rings is 1. The molecule has 0 bridgehead atoms. The van der Waals surface area contributed by atoms with Gasteiger partial charge in [0.25, 0.3) is 0 Å². The zero-order valence-corrected chi connectivity index (χ0v) is 14.0. The standard InChI is InChI=1S/C17H26N2OS/c1-4-10-18-12(2)14-6-5-7-16(11-14)21-13(3)17(20)19-15-8-9-15/h5-7,11-13,15,18H,4,8-10H2,1-3H3,(H,19,20). The Morgan fingerprint density at radius 1 is 1.38 bits per heavy atom. The molecule has 3 nitrogen and oxygen atoms in total. The minimum absolute atomic E-state index is 0.0419. The Bertz CT molecular complexity index is 474. The van der Waals surface area contributed by atoms with Gasteiger partial charge in [0.05, 0.1) is 5.25 Å². The molecule has 0 spiro atoms. The summed E-state index contributed by atoms with van der Waals surface area (Å²) in [6.07, 6.45) is 3.41. The highest BCUT2D eigenvalue weighted by molar-refractivity contribution is 8.00. The molecule has 1 aromatic rings. The third-order valence-electron chi connectivity index (χ3n) is 3.66. The van der Waals surface area contributed by atoms with Gasteiger partial charge in [-0.1, -0.05) is 19.1 Å². The number of nitrogens with one attached hydrogen (secondary N) is 2. The van der Waals surface area contributed by atoms with Crippen molar-refractivity contribution in [1.29, 1.82) is 0 Å².